The number of nitrogens with zero attached hydrogens (tertiary/aromatic N) is 5. The van der Waals surface area contributed by atoms with Crippen LogP contribution < -0.4 is 15.4 Å². The summed E-state index contributed by atoms with van der Waals surface area (Å²) in [4.78, 5) is 24.5. The quantitative estimate of drug-likeness (QED) is 0.235. The standard InChI is InChI=1S/C25H29ClF3N7O3/c1-24(2,15-26)16-30-23(38)20-14-36(35-33-20)11-4-3-7-18-9-10-21(34-32-18)31-22(37)13-17-6-5-8-19(12-17)39-25(27,28)29/h5-6,8-10,12,14H,3-4,7,11,13,15-16H2,1-2H3,(H,30,38)(H,31,34,37). The van der Waals surface area contributed by atoms with Gasteiger partial charge in [0.1, 0.15) is 5.75 Å². The molecule has 39 heavy (non-hydrogen) atoms. The number of rotatable bonds is 13. The maximum atomic E-state index is 12.4. The number of hydrogen-bond donors (Lipinski definition) is 2. The number of ether oxygens (including phenoxy) is 1. The van der Waals surface area contributed by atoms with Crippen molar-refractivity contribution < 1.29 is 27.5 Å². The second-order valence-corrected chi connectivity index (χ2v) is 9.90. The first-order chi connectivity index (χ1) is 18.4. The van der Waals surface area contributed by atoms with E-state index in [1.54, 1.807) is 23.0 Å². The van der Waals surface area contributed by atoms with E-state index in [-0.39, 0.29) is 29.3 Å². The summed E-state index contributed by atoms with van der Waals surface area (Å²) < 4.78 is 42.6. The predicted molar refractivity (Wildman–Crippen MR) is 137 cm³/mol. The molecule has 0 unspecified atom stereocenters. The van der Waals surface area contributed by atoms with E-state index in [1.807, 2.05) is 13.8 Å². The van der Waals surface area contributed by atoms with Gasteiger partial charge < -0.3 is 15.4 Å². The Morgan fingerprint density at radius 1 is 1.08 bits per heavy atom. The second-order valence-electron chi connectivity index (χ2n) is 9.63. The van der Waals surface area contributed by atoms with Crippen molar-refractivity contribution in [3.8, 4) is 5.75 Å². The molecule has 0 aliphatic carbocycles. The molecule has 3 aromatic rings. The van der Waals surface area contributed by atoms with Gasteiger partial charge in [0.25, 0.3) is 5.91 Å². The van der Waals surface area contributed by atoms with Crippen molar-refractivity contribution >= 4 is 29.2 Å². The van der Waals surface area contributed by atoms with Crippen LogP contribution in [-0.2, 0) is 24.2 Å². The van der Waals surface area contributed by atoms with Gasteiger partial charge in [-0.15, -0.1) is 35.0 Å². The number of carbonyl (C=O) groups is 2. The lowest BCUT2D eigenvalue weighted by Gasteiger charge is -2.21. The van der Waals surface area contributed by atoms with E-state index in [0.717, 1.165) is 30.7 Å². The van der Waals surface area contributed by atoms with Crippen LogP contribution in [0.3, 0.4) is 0 Å². The molecule has 0 atom stereocenters. The first kappa shape index (κ1) is 29.8. The molecule has 2 amide bonds. The molecule has 210 valence electrons. The molecule has 0 fully saturated rings. The maximum absolute atomic E-state index is 12.4. The van der Waals surface area contributed by atoms with Crippen molar-refractivity contribution in [1.82, 2.24) is 30.5 Å². The Bertz CT molecular complexity index is 1250. The lowest BCUT2D eigenvalue weighted by atomic mass is 9.96. The number of aryl methyl sites for hydroxylation is 2. The van der Waals surface area contributed by atoms with Gasteiger partial charge in [0, 0.05) is 19.0 Å². The molecule has 0 spiro atoms. The number of alkyl halides is 4. The average Bonchev–Trinajstić information content (AvgIpc) is 3.34. The number of benzene rings is 1. The number of nitrogens with one attached hydrogen (secondary N) is 2. The van der Waals surface area contributed by atoms with Crippen molar-refractivity contribution in [1.29, 1.82) is 0 Å². The highest BCUT2D eigenvalue weighted by molar-refractivity contribution is 6.18. The number of anilines is 1. The van der Waals surface area contributed by atoms with Crippen molar-refractivity contribution in [2.45, 2.75) is 52.4 Å². The van der Waals surface area contributed by atoms with Crippen molar-refractivity contribution in [2.75, 3.05) is 17.7 Å². The number of aromatic nitrogens is 5. The Morgan fingerprint density at radius 2 is 1.87 bits per heavy atom. The fourth-order valence-corrected chi connectivity index (χ4v) is 3.43. The summed E-state index contributed by atoms with van der Waals surface area (Å²) in [7, 11) is 0. The first-order valence-electron chi connectivity index (χ1n) is 12.1. The number of carbonyl (C=O) groups excluding carboxylic acids is 2. The topological polar surface area (TPSA) is 124 Å². The van der Waals surface area contributed by atoms with Crippen LogP contribution in [0.2, 0.25) is 0 Å². The van der Waals surface area contributed by atoms with Crippen LogP contribution in [0.25, 0.3) is 0 Å². The number of amides is 2. The van der Waals surface area contributed by atoms with E-state index in [2.05, 4.69) is 35.9 Å². The molecule has 0 saturated heterocycles. The molecule has 2 N–H and O–H groups in total. The van der Waals surface area contributed by atoms with Gasteiger partial charge in [-0.2, -0.15) is 5.10 Å². The van der Waals surface area contributed by atoms with E-state index >= 15 is 0 Å². The van der Waals surface area contributed by atoms with E-state index in [4.69, 9.17) is 11.6 Å². The molecule has 0 aliphatic rings. The zero-order valence-corrected chi connectivity index (χ0v) is 22.2. The second kappa shape index (κ2) is 13.4. The van der Waals surface area contributed by atoms with Crippen LogP contribution in [0, 0.1) is 5.41 Å². The lowest BCUT2D eigenvalue weighted by Crippen LogP contribution is -2.35. The van der Waals surface area contributed by atoms with Gasteiger partial charge in [0.15, 0.2) is 11.5 Å². The number of hydrogen-bond acceptors (Lipinski definition) is 7. The van der Waals surface area contributed by atoms with E-state index in [0.29, 0.717) is 31.0 Å². The van der Waals surface area contributed by atoms with Gasteiger partial charge in [0.2, 0.25) is 5.91 Å². The summed E-state index contributed by atoms with van der Waals surface area (Å²) in [5.41, 5.74) is 1.11. The fourth-order valence-electron chi connectivity index (χ4n) is 3.33. The third kappa shape index (κ3) is 10.5. The Kier molecular flexibility index (Phi) is 10.2. The first-order valence-corrected chi connectivity index (χ1v) is 12.7. The summed E-state index contributed by atoms with van der Waals surface area (Å²) in [5, 5.41) is 21.4. The summed E-state index contributed by atoms with van der Waals surface area (Å²) in [6, 6.07) is 8.56. The normalized spacial score (nSPS) is 11.7. The summed E-state index contributed by atoms with van der Waals surface area (Å²) in [6.45, 7) is 4.91. The predicted octanol–water partition coefficient (Wildman–Crippen LogP) is 4.17. The van der Waals surface area contributed by atoms with Crippen molar-refractivity contribution in [2.24, 2.45) is 5.41 Å². The molecule has 1 aromatic carbocycles. The third-order valence-corrected chi connectivity index (χ3v) is 6.14. The maximum Gasteiger partial charge on any atom is 0.573 e. The minimum Gasteiger partial charge on any atom is -0.406 e. The Balaban J connectivity index is 1.39. The third-order valence-electron chi connectivity index (χ3n) is 5.41. The smallest absolute Gasteiger partial charge is 0.406 e. The highest BCUT2D eigenvalue weighted by Gasteiger charge is 2.31. The molecule has 0 bridgehead atoms. The minimum atomic E-state index is -4.81. The van der Waals surface area contributed by atoms with Gasteiger partial charge >= 0.3 is 6.36 Å². The summed E-state index contributed by atoms with van der Waals surface area (Å²) >= 11 is 5.88. The SMILES string of the molecule is CC(C)(CCl)CNC(=O)c1cn(CCCCc2ccc(NC(=O)Cc3cccc(OC(F)(F)F)c3)nn2)nn1. The number of halogens is 4. The molecule has 0 aliphatic heterocycles. The minimum absolute atomic E-state index is 0.157. The van der Waals surface area contributed by atoms with Crippen molar-refractivity contribution in [3.63, 3.8) is 0 Å². The Morgan fingerprint density at radius 3 is 2.56 bits per heavy atom. The zero-order chi connectivity index (χ0) is 28.5. The molecule has 3 rings (SSSR count). The van der Waals surface area contributed by atoms with Crippen LogP contribution in [0.4, 0.5) is 19.0 Å². The average molecular weight is 568 g/mol. The van der Waals surface area contributed by atoms with E-state index in [1.165, 1.54) is 12.1 Å². The Hall–Kier alpha value is -3.74. The lowest BCUT2D eigenvalue weighted by molar-refractivity contribution is -0.274. The molecule has 2 heterocycles. The largest absolute Gasteiger partial charge is 0.573 e. The number of unbranched alkanes of at least 4 members (excludes halogenated alkanes) is 1. The zero-order valence-electron chi connectivity index (χ0n) is 21.5. The molecule has 2 aromatic heterocycles. The van der Waals surface area contributed by atoms with Gasteiger partial charge in [-0.05, 0) is 54.5 Å². The van der Waals surface area contributed by atoms with E-state index < -0.39 is 18.0 Å². The molecule has 14 heteroatoms. The molecule has 0 saturated carbocycles. The van der Waals surface area contributed by atoms with Gasteiger partial charge in [0.05, 0.1) is 18.3 Å². The van der Waals surface area contributed by atoms with Gasteiger partial charge in [-0.25, -0.2) is 0 Å². The van der Waals surface area contributed by atoms with E-state index in [9.17, 15) is 22.8 Å². The monoisotopic (exact) mass is 567 g/mol. The fraction of sp³-hybridized carbons (Fsp3) is 0.440. The molecular formula is C25H29ClF3N7O3. The highest BCUT2D eigenvalue weighted by atomic mass is 35.5. The molecule has 0 radical (unpaired) electrons. The van der Waals surface area contributed by atoms with Gasteiger partial charge in [-0.1, -0.05) is 31.2 Å². The Labute approximate surface area is 228 Å². The van der Waals surface area contributed by atoms with Crippen LogP contribution >= 0.6 is 11.6 Å². The van der Waals surface area contributed by atoms with Crippen LogP contribution in [0.15, 0.2) is 42.6 Å². The summed E-state index contributed by atoms with van der Waals surface area (Å²) in [6.07, 6.45) is -1.18. The van der Waals surface area contributed by atoms with Crippen molar-refractivity contribution in [3.05, 3.63) is 59.5 Å². The van der Waals surface area contributed by atoms with Crippen LogP contribution in [-0.4, -0.2) is 55.8 Å². The summed E-state index contributed by atoms with van der Waals surface area (Å²) in [5.74, 6) is -0.497. The molecule has 10 nitrogen and oxygen atoms in total. The highest BCUT2D eigenvalue weighted by Crippen LogP contribution is 2.23. The van der Waals surface area contributed by atoms with Crippen LogP contribution in [0.1, 0.15) is 48.4 Å². The molecular weight excluding hydrogens is 539 g/mol. The van der Waals surface area contributed by atoms with Crippen LogP contribution in [0.5, 0.6) is 5.75 Å². The van der Waals surface area contributed by atoms with Gasteiger partial charge in [-0.3, -0.25) is 14.3 Å².